The van der Waals surface area contributed by atoms with E-state index in [-0.39, 0.29) is 82.2 Å². The van der Waals surface area contributed by atoms with E-state index in [1.807, 2.05) is 6.92 Å². The molecule has 6 N–H and O–H groups in total. The van der Waals surface area contributed by atoms with Crippen LogP contribution in [0.2, 0.25) is 0 Å². The number of piperidine rings is 1. The number of amides is 5. The molecule has 5 amide bonds. The molecule has 7 rings (SSSR count). The molecule has 60 heavy (non-hydrogen) atoms. The van der Waals surface area contributed by atoms with Crippen LogP contribution in [-0.4, -0.2) is 115 Å². The van der Waals surface area contributed by atoms with Crippen molar-refractivity contribution in [2.75, 3.05) is 60.5 Å². The van der Waals surface area contributed by atoms with Crippen molar-refractivity contribution in [3.05, 3.63) is 59.3 Å². The number of hydrogen-bond donors (Lipinski definition) is 6. The van der Waals surface area contributed by atoms with Crippen LogP contribution in [0.15, 0.2) is 42.6 Å². The van der Waals surface area contributed by atoms with Gasteiger partial charge in [0.2, 0.25) is 23.7 Å². The summed E-state index contributed by atoms with van der Waals surface area (Å²) in [7, 11) is 1.51. The molecule has 19 nitrogen and oxygen atoms in total. The molecule has 1 aliphatic carbocycles. The number of nitrogens with zero attached hydrogens (tertiary/aromatic N) is 5. The standard InChI is InChI=1S/C41H49N11O8/c1-3-30-36(43)51(23-42)32-20-45-41(49-37(32)52(30)25-7-4-5-8-25)47-29-12-11-24(19-33(29)58-2)38(55)44-15-16-59-17-18-60-22-35(54)46-28-10-6-9-26-27(28)21-50(40(26)57)31-13-14-34(53)48-39(31)56/h6,9-12,19-20,23,25,30-31,42-43H,3-5,7-8,13-18,21-22H2,1-2H3,(H,44,55)(H,46,54)(H,45,47,49)(H,48,53,56)/t30-,31?/m1/s1. The van der Waals surface area contributed by atoms with Gasteiger partial charge in [0, 0.05) is 47.9 Å². The third-order valence-corrected chi connectivity index (χ3v) is 11.1. The molecule has 2 aromatic carbocycles. The van der Waals surface area contributed by atoms with Gasteiger partial charge in [0.05, 0.1) is 51.2 Å². The molecule has 19 heteroatoms. The molecule has 4 heterocycles. The summed E-state index contributed by atoms with van der Waals surface area (Å²) in [5, 5.41) is 27.9. The lowest BCUT2D eigenvalue weighted by atomic mass is 10.0. The molecule has 316 valence electrons. The van der Waals surface area contributed by atoms with Crippen LogP contribution in [0.1, 0.15) is 78.1 Å². The quantitative estimate of drug-likeness (QED) is 0.0496. The number of methoxy groups -OCH3 is 1. The number of fused-ring (bicyclic) bond motifs is 2. The van der Waals surface area contributed by atoms with Crippen LogP contribution in [0, 0.1) is 10.8 Å². The van der Waals surface area contributed by atoms with Gasteiger partial charge in [-0.25, -0.2) is 4.98 Å². The zero-order valence-electron chi connectivity index (χ0n) is 33.5. The number of carbonyl (C=O) groups is 5. The first-order valence-electron chi connectivity index (χ1n) is 20.1. The van der Waals surface area contributed by atoms with E-state index in [0.717, 1.165) is 32.0 Å². The monoisotopic (exact) mass is 823 g/mol. The highest BCUT2D eigenvalue weighted by atomic mass is 16.5. The van der Waals surface area contributed by atoms with Gasteiger partial charge >= 0.3 is 0 Å². The fourth-order valence-corrected chi connectivity index (χ4v) is 8.16. The molecule has 4 aliphatic rings. The van der Waals surface area contributed by atoms with E-state index in [2.05, 4.69) is 31.2 Å². The largest absolute Gasteiger partial charge is 0.495 e. The Morgan fingerprint density at radius 2 is 1.83 bits per heavy atom. The van der Waals surface area contributed by atoms with Gasteiger partial charge < -0.3 is 40.0 Å². The van der Waals surface area contributed by atoms with Gasteiger partial charge in [0.15, 0.2) is 5.82 Å². The molecule has 2 fully saturated rings. The number of aromatic nitrogens is 2. The minimum absolute atomic E-state index is 0.123. The van der Waals surface area contributed by atoms with E-state index < -0.39 is 17.9 Å². The third-order valence-electron chi connectivity index (χ3n) is 11.1. The van der Waals surface area contributed by atoms with Crippen LogP contribution >= 0.6 is 0 Å². The maximum atomic E-state index is 13.1. The number of rotatable bonds is 17. The maximum Gasteiger partial charge on any atom is 0.255 e. The van der Waals surface area contributed by atoms with Crippen LogP contribution < -0.4 is 35.8 Å². The molecular weight excluding hydrogens is 775 g/mol. The van der Waals surface area contributed by atoms with E-state index in [1.165, 1.54) is 16.9 Å². The van der Waals surface area contributed by atoms with Gasteiger partial charge in [-0.1, -0.05) is 25.8 Å². The Labute approximate surface area is 346 Å². The summed E-state index contributed by atoms with van der Waals surface area (Å²) in [5.74, 6) is -0.227. The SMILES string of the molecule is CC[C@@H]1C(=N)N(C=N)c2cnc(Nc3ccc(C(=O)NCCOCCOCC(=O)Nc4cccc5c4CN(C4CCC(=O)NC4=O)C5=O)cc3OC)nc2N1C1CCCC1. The molecule has 1 saturated carbocycles. The predicted octanol–water partition coefficient (Wildman–Crippen LogP) is 3.32. The molecule has 0 spiro atoms. The third kappa shape index (κ3) is 8.76. The van der Waals surface area contributed by atoms with Crippen molar-refractivity contribution in [1.82, 2.24) is 25.5 Å². The van der Waals surface area contributed by atoms with E-state index >= 15 is 0 Å². The summed E-state index contributed by atoms with van der Waals surface area (Å²) in [4.78, 5) is 77.2. The van der Waals surface area contributed by atoms with E-state index in [1.54, 1.807) is 42.6 Å². The van der Waals surface area contributed by atoms with Gasteiger partial charge in [-0.15, -0.1) is 0 Å². The van der Waals surface area contributed by atoms with Crippen molar-refractivity contribution >= 4 is 70.5 Å². The first kappa shape index (κ1) is 41.7. The Balaban J connectivity index is 0.847. The summed E-state index contributed by atoms with van der Waals surface area (Å²) < 4.78 is 16.7. The second-order valence-electron chi connectivity index (χ2n) is 14.8. The number of benzene rings is 2. The molecule has 1 unspecified atom stereocenters. The lowest BCUT2D eigenvalue weighted by Crippen LogP contribution is -2.56. The number of nitrogens with one attached hydrogen (secondary N) is 6. The predicted molar refractivity (Wildman–Crippen MR) is 221 cm³/mol. The highest BCUT2D eigenvalue weighted by Crippen LogP contribution is 2.41. The minimum atomic E-state index is -0.758. The van der Waals surface area contributed by atoms with E-state index in [9.17, 15) is 24.0 Å². The van der Waals surface area contributed by atoms with Gasteiger partial charge in [-0.05, 0) is 56.0 Å². The molecule has 1 aromatic heterocycles. The topological polar surface area (TPSA) is 244 Å². The van der Waals surface area contributed by atoms with Gasteiger partial charge in [-0.2, -0.15) is 4.98 Å². The van der Waals surface area contributed by atoms with Crippen molar-refractivity contribution in [1.29, 1.82) is 10.8 Å². The minimum Gasteiger partial charge on any atom is -0.495 e. The highest BCUT2D eigenvalue weighted by molar-refractivity contribution is 6.16. The van der Waals surface area contributed by atoms with Gasteiger partial charge in [0.1, 0.15) is 29.9 Å². The van der Waals surface area contributed by atoms with Gasteiger partial charge in [0.25, 0.3) is 11.8 Å². The van der Waals surface area contributed by atoms with Crippen LogP contribution in [-0.2, 0) is 30.4 Å². The Bertz CT molecular complexity index is 2180. The fourth-order valence-electron chi connectivity index (χ4n) is 8.16. The van der Waals surface area contributed by atoms with Crippen LogP contribution in [0.3, 0.4) is 0 Å². The van der Waals surface area contributed by atoms with E-state index in [0.29, 0.717) is 63.5 Å². The van der Waals surface area contributed by atoms with Crippen molar-refractivity contribution in [3.8, 4) is 5.75 Å². The number of amidine groups is 1. The van der Waals surface area contributed by atoms with Crippen molar-refractivity contribution in [3.63, 3.8) is 0 Å². The molecule has 0 bridgehead atoms. The second-order valence-corrected chi connectivity index (χ2v) is 14.8. The summed E-state index contributed by atoms with van der Waals surface area (Å²) >= 11 is 0. The first-order chi connectivity index (χ1) is 29.1. The fraction of sp³-hybridized carbons (Fsp3) is 0.439. The van der Waals surface area contributed by atoms with Crippen LogP contribution in [0.4, 0.5) is 28.8 Å². The molecule has 2 atom stereocenters. The zero-order chi connectivity index (χ0) is 42.3. The number of imide groups is 1. The molecule has 1 saturated heterocycles. The number of hydrogen-bond acceptors (Lipinski definition) is 14. The lowest BCUT2D eigenvalue weighted by Gasteiger charge is -2.44. The summed E-state index contributed by atoms with van der Waals surface area (Å²) in [6.07, 6.45) is 8.12. The van der Waals surface area contributed by atoms with Crippen LogP contribution in [0.5, 0.6) is 5.75 Å². The molecule has 3 aliphatic heterocycles. The first-order valence-corrected chi connectivity index (χ1v) is 20.1. The van der Waals surface area contributed by atoms with Crippen molar-refractivity contribution in [2.45, 2.75) is 76.5 Å². The summed E-state index contributed by atoms with van der Waals surface area (Å²) in [5.41, 5.74) is 2.94. The smallest absolute Gasteiger partial charge is 0.255 e. The van der Waals surface area contributed by atoms with Crippen molar-refractivity contribution in [2.24, 2.45) is 0 Å². The number of ether oxygens (including phenoxy) is 3. The Morgan fingerprint density at radius 3 is 2.58 bits per heavy atom. The molecule has 0 radical (unpaired) electrons. The number of carbonyl (C=O) groups excluding carboxylic acids is 5. The molecule has 3 aromatic rings. The average molecular weight is 824 g/mol. The summed E-state index contributed by atoms with van der Waals surface area (Å²) in [6.45, 7) is 2.64. The lowest BCUT2D eigenvalue weighted by molar-refractivity contribution is -0.137. The van der Waals surface area contributed by atoms with Gasteiger partial charge in [-0.3, -0.25) is 45.0 Å². The normalized spacial score (nSPS) is 18.9. The Kier molecular flexibility index (Phi) is 12.9. The maximum absolute atomic E-state index is 13.1. The van der Waals surface area contributed by atoms with Crippen molar-refractivity contribution < 1.29 is 38.2 Å². The molecular formula is C41H49N11O8. The van der Waals surface area contributed by atoms with Crippen LogP contribution in [0.25, 0.3) is 0 Å². The highest BCUT2D eigenvalue weighted by Gasteiger charge is 2.41. The summed E-state index contributed by atoms with van der Waals surface area (Å²) in [6, 6.07) is 9.23. The number of anilines is 5. The second kappa shape index (κ2) is 18.6. The Hall–Kier alpha value is -6.47. The van der Waals surface area contributed by atoms with E-state index in [4.69, 9.17) is 30.0 Å². The Morgan fingerprint density at radius 1 is 1.03 bits per heavy atom. The zero-order valence-corrected chi connectivity index (χ0v) is 33.5. The average Bonchev–Trinajstić information content (AvgIpc) is 3.90.